The van der Waals surface area contributed by atoms with Crippen LogP contribution in [-0.4, -0.2) is 43.4 Å². The molecule has 0 saturated heterocycles. The number of carbonyl (C=O) groups excluding carboxylic acids is 2. The van der Waals surface area contributed by atoms with Gasteiger partial charge in [-0.1, -0.05) is 27.7 Å². The van der Waals surface area contributed by atoms with Crippen LogP contribution in [0.2, 0.25) is 0 Å². The first-order chi connectivity index (χ1) is 15.5. The lowest BCUT2D eigenvalue weighted by Gasteiger charge is -2.46. The van der Waals surface area contributed by atoms with Gasteiger partial charge in [-0.2, -0.15) is 0 Å². The Bertz CT molecular complexity index is 668. The molecular formula is C24H38F6O4. The van der Waals surface area contributed by atoms with Crippen LogP contribution in [0, 0.1) is 16.7 Å². The molecule has 34 heavy (non-hydrogen) atoms. The predicted octanol–water partition coefficient (Wildman–Crippen LogP) is 7.19. The van der Waals surface area contributed by atoms with Gasteiger partial charge in [0.15, 0.2) is 0 Å². The van der Waals surface area contributed by atoms with Crippen LogP contribution < -0.4 is 0 Å². The summed E-state index contributed by atoms with van der Waals surface area (Å²) in [5.74, 6) is -7.70. The third-order valence-corrected chi connectivity index (χ3v) is 6.35. The molecule has 0 aliphatic heterocycles. The monoisotopic (exact) mass is 504 g/mol. The molecule has 0 amide bonds. The van der Waals surface area contributed by atoms with Crippen molar-refractivity contribution in [2.24, 2.45) is 16.7 Å². The summed E-state index contributed by atoms with van der Waals surface area (Å²) in [7, 11) is 0. The first-order valence-electron chi connectivity index (χ1n) is 11.8. The van der Waals surface area contributed by atoms with E-state index < -0.39 is 56.1 Å². The van der Waals surface area contributed by atoms with Crippen LogP contribution in [0.25, 0.3) is 0 Å². The Kier molecular flexibility index (Phi) is 11.2. The number of alkyl halides is 6. The van der Waals surface area contributed by atoms with E-state index in [1.54, 1.807) is 0 Å². The minimum absolute atomic E-state index is 0.0176. The Hall–Kier alpha value is -1.48. The van der Waals surface area contributed by atoms with Gasteiger partial charge in [0, 0.05) is 32.1 Å². The van der Waals surface area contributed by atoms with Crippen LogP contribution in [0.3, 0.4) is 0 Å². The second-order valence-electron chi connectivity index (χ2n) is 10.7. The molecule has 0 aromatic rings. The van der Waals surface area contributed by atoms with Crippen molar-refractivity contribution in [2.75, 3.05) is 13.2 Å². The van der Waals surface area contributed by atoms with E-state index in [0.29, 0.717) is 12.8 Å². The standard InChI is InChI=1S/C24H38F6O4/c1-5-23(27,28)8-10-34-20(32)12-17-13-21(2,3)16-22(4,14-17)7-6-19(31)33-11-9-24(29,30)15-18(25)26/h17-18H,5-16H2,1-4H3. The molecule has 0 radical (unpaired) electrons. The van der Waals surface area contributed by atoms with Crippen LogP contribution in [-0.2, 0) is 19.1 Å². The molecule has 200 valence electrons. The van der Waals surface area contributed by atoms with E-state index >= 15 is 0 Å². The summed E-state index contributed by atoms with van der Waals surface area (Å²) in [6.07, 6.45) is -3.86. The SMILES string of the molecule is CCC(F)(F)CCOC(=O)CC1CC(C)(C)CC(C)(CCC(=O)OCCC(F)(F)CC(F)F)C1. The van der Waals surface area contributed by atoms with E-state index in [9.17, 15) is 35.9 Å². The number of carbonyl (C=O) groups is 2. The highest BCUT2D eigenvalue weighted by Gasteiger charge is 2.42. The molecule has 1 fully saturated rings. The molecule has 2 atom stereocenters. The summed E-state index contributed by atoms with van der Waals surface area (Å²) in [6, 6.07) is 0. The van der Waals surface area contributed by atoms with Crippen LogP contribution in [0.5, 0.6) is 0 Å². The molecular weight excluding hydrogens is 466 g/mol. The van der Waals surface area contributed by atoms with Gasteiger partial charge in [0.1, 0.15) is 0 Å². The highest BCUT2D eigenvalue weighted by Crippen LogP contribution is 2.51. The van der Waals surface area contributed by atoms with Gasteiger partial charge in [0.25, 0.3) is 11.8 Å². The zero-order chi connectivity index (χ0) is 26.2. The van der Waals surface area contributed by atoms with E-state index in [0.717, 1.165) is 12.8 Å². The second-order valence-corrected chi connectivity index (χ2v) is 10.7. The largest absolute Gasteiger partial charge is 0.465 e. The minimum atomic E-state index is -3.60. The van der Waals surface area contributed by atoms with E-state index in [1.807, 2.05) is 20.8 Å². The number of rotatable bonds is 14. The van der Waals surface area contributed by atoms with Crippen molar-refractivity contribution in [3.8, 4) is 0 Å². The lowest BCUT2D eigenvalue weighted by molar-refractivity contribution is -0.150. The van der Waals surface area contributed by atoms with Gasteiger partial charge in [-0.25, -0.2) is 26.3 Å². The maximum absolute atomic E-state index is 13.3. The highest BCUT2D eigenvalue weighted by atomic mass is 19.3. The van der Waals surface area contributed by atoms with Crippen molar-refractivity contribution in [3.63, 3.8) is 0 Å². The minimum Gasteiger partial charge on any atom is -0.465 e. The zero-order valence-electron chi connectivity index (χ0n) is 20.5. The Morgan fingerprint density at radius 2 is 1.50 bits per heavy atom. The van der Waals surface area contributed by atoms with Crippen LogP contribution >= 0.6 is 0 Å². The number of hydrogen-bond donors (Lipinski definition) is 0. The van der Waals surface area contributed by atoms with Crippen molar-refractivity contribution in [1.29, 1.82) is 0 Å². The summed E-state index contributed by atoms with van der Waals surface area (Å²) in [4.78, 5) is 24.2. The Balaban J connectivity index is 2.52. The lowest BCUT2D eigenvalue weighted by atomic mass is 9.59. The van der Waals surface area contributed by atoms with E-state index in [-0.39, 0.29) is 42.6 Å². The van der Waals surface area contributed by atoms with Gasteiger partial charge in [0.05, 0.1) is 19.6 Å². The summed E-state index contributed by atoms with van der Waals surface area (Å²) in [6.45, 7) is 6.48. The first-order valence-corrected chi connectivity index (χ1v) is 11.8. The van der Waals surface area contributed by atoms with Crippen molar-refractivity contribution in [3.05, 3.63) is 0 Å². The van der Waals surface area contributed by atoms with Gasteiger partial charge in [-0.15, -0.1) is 0 Å². The maximum atomic E-state index is 13.3. The normalized spacial score (nSPS) is 23.1. The Morgan fingerprint density at radius 3 is 2.06 bits per heavy atom. The Morgan fingerprint density at radius 1 is 0.941 bits per heavy atom. The summed E-state index contributed by atoms with van der Waals surface area (Å²) in [5, 5.41) is 0. The molecule has 0 bridgehead atoms. The number of esters is 2. The molecule has 0 spiro atoms. The summed E-state index contributed by atoms with van der Waals surface area (Å²) in [5.41, 5.74) is -0.449. The molecule has 1 aliphatic rings. The van der Waals surface area contributed by atoms with E-state index in [4.69, 9.17) is 9.47 Å². The molecule has 0 aromatic heterocycles. The molecule has 1 saturated carbocycles. The van der Waals surface area contributed by atoms with Gasteiger partial charge >= 0.3 is 11.9 Å². The number of halogens is 6. The molecule has 10 heteroatoms. The topological polar surface area (TPSA) is 52.6 Å². The van der Waals surface area contributed by atoms with Crippen molar-refractivity contribution in [2.45, 2.75) is 110 Å². The second kappa shape index (κ2) is 12.5. The van der Waals surface area contributed by atoms with Crippen LogP contribution in [0.1, 0.15) is 91.9 Å². The van der Waals surface area contributed by atoms with Crippen molar-refractivity contribution in [1.82, 2.24) is 0 Å². The molecule has 1 rings (SSSR count). The van der Waals surface area contributed by atoms with Crippen molar-refractivity contribution < 1.29 is 45.4 Å². The predicted molar refractivity (Wildman–Crippen MR) is 115 cm³/mol. The summed E-state index contributed by atoms with van der Waals surface area (Å²) >= 11 is 0. The quantitative estimate of drug-likeness (QED) is 0.186. The fourth-order valence-electron chi connectivity index (χ4n) is 5.09. The molecule has 0 aromatic carbocycles. The molecule has 2 unspecified atom stereocenters. The molecule has 0 heterocycles. The smallest absolute Gasteiger partial charge is 0.306 e. The fraction of sp³-hybridized carbons (Fsp3) is 0.917. The van der Waals surface area contributed by atoms with Crippen LogP contribution in [0.4, 0.5) is 26.3 Å². The first kappa shape index (κ1) is 30.6. The summed E-state index contributed by atoms with van der Waals surface area (Å²) < 4.78 is 87.3. The lowest BCUT2D eigenvalue weighted by Crippen LogP contribution is -2.37. The van der Waals surface area contributed by atoms with Crippen molar-refractivity contribution >= 4 is 11.9 Å². The van der Waals surface area contributed by atoms with Gasteiger partial charge in [0.2, 0.25) is 6.43 Å². The number of hydrogen-bond acceptors (Lipinski definition) is 4. The third-order valence-electron chi connectivity index (χ3n) is 6.35. The van der Waals surface area contributed by atoms with E-state index in [2.05, 4.69) is 0 Å². The van der Waals surface area contributed by atoms with Gasteiger partial charge < -0.3 is 9.47 Å². The zero-order valence-corrected chi connectivity index (χ0v) is 20.5. The van der Waals surface area contributed by atoms with Crippen LogP contribution in [0.15, 0.2) is 0 Å². The molecule has 1 aliphatic carbocycles. The fourth-order valence-corrected chi connectivity index (χ4v) is 5.09. The third kappa shape index (κ3) is 12.3. The van der Waals surface area contributed by atoms with Gasteiger partial charge in [-0.3, -0.25) is 9.59 Å². The molecule has 4 nitrogen and oxygen atoms in total. The highest BCUT2D eigenvalue weighted by molar-refractivity contribution is 5.70. The van der Waals surface area contributed by atoms with Gasteiger partial charge in [-0.05, 0) is 42.4 Å². The van der Waals surface area contributed by atoms with E-state index in [1.165, 1.54) is 6.92 Å². The average Bonchev–Trinajstić information content (AvgIpc) is 2.63. The average molecular weight is 505 g/mol. The Labute approximate surface area is 198 Å². The number of ether oxygens (including phenoxy) is 2. The maximum Gasteiger partial charge on any atom is 0.306 e. The molecule has 0 N–H and O–H groups in total.